The van der Waals surface area contributed by atoms with Crippen molar-refractivity contribution in [2.24, 2.45) is 0 Å². The van der Waals surface area contributed by atoms with Gasteiger partial charge in [-0.1, -0.05) is 39.7 Å². The Morgan fingerprint density at radius 3 is 2.64 bits per heavy atom. The average molecular weight is 382 g/mol. The van der Waals surface area contributed by atoms with Crippen LogP contribution in [-0.2, 0) is 4.79 Å². The second kappa shape index (κ2) is 7.42. The van der Waals surface area contributed by atoms with Crippen LogP contribution in [0, 0.1) is 0 Å². The van der Waals surface area contributed by atoms with Gasteiger partial charge < -0.3 is 10.6 Å². The zero-order valence-corrected chi connectivity index (χ0v) is 14.2. The van der Waals surface area contributed by atoms with Crippen LogP contribution >= 0.6 is 27.5 Å². The number of hydrogen-bond donors (Lipinski definition) is 2. The Hall–Kier alpha value is -1.85. The normalized spacial score (nSPS) is 10.1. The summed E-state index contributed by atoms with van der Waals surface area (Å²) in [5, 5.41) is 6.23. The SMILES string of the molecule is CC(=O)c1cccc(NC(=O)CNc2ccc(Br)cc2Cl)c1. The highest BCUT2D eigenvalue weighted by Gasteiger charge is 2.06. The molecule has 0 saturated carbocycles. The molecule has 2 aromatic carbocycles. The molecule has 0 radical (unpaired) electrons. The molecule has 0 atom stereocenters. The molecule has 2 aromatic rings. The van der Waals surface area contributed by atoms with Crippen molar-refractivity contribution in [3.8, 4) is 0 Å². The predicted octanol–water partition coefficient (Wildman–Crippen LogP) is 4.36. The van der Waals surface area contributed by atoms with Crippen LogP contribution in [-0.4, -0.2) is 18.2 Å². The first-order valence-corrected chi connectivity index (χ1v) is 7.72. The van der Waals surface area contributed by atoms with Gasteiger partial charge in [-0.25, -0.2) is 0 Å². The smallest absolute Gasteiger partial charge is 0.243 e. The Balaban J connectivity index is 1.95. The maximum absolute atomic E-state index is 11.9. The minimum absolute atomic E-state index is 0.0455. The van der Waals surface area contributed by atoms with Crippen molar-refractivity contribution < 1.29 is 9.59 Å². The molecule has 4 nitrogen and oxygen atoms in total. The fourth-order valence-electron chi connectivity index (χ4n) is 1.83. The molecule has 0 unspecified atom stereocenters. The van der Waals surface area contributed by atoms with Crippen molar-refractivity contribution in [3.63, 3.8) is 0 Å². The van der Waals surface area contributed by atoms with E-state index in [4.69, 9.17) is 11.6 Å². The largest absolute Gasteiger partial charge is 0.375 e. The number of ketones is 1. The topological polar surface area (TPSA) is 58.2 Å². The van der Waals surface area contributed by atoms with Crippen LogP contribution in [0.4, 0.5) is 11.4 Å². The molecule has 0 spiro atoms. The summed E-state index contributed by atoms with van der Waals surface area (Å²) in [6, 6.07) is 12.2. The summed E-state index contributed by atoms with van der Waals surface area (Å²) in [5.74, 6) is -0.268. The molecule has 0 aromatic heterocycles. The number of rotatable bonds is 5. The summed E-state index contributed by atoms with van der Waals surface area (Å²) in [5.41, 5.74) is 1.82. The molecule has 1 amide bonds. The Labute approximate surface area is 142 Å². The van der Waals surface area contributed by atoms with Gasteiger partial charge >= 0.3 is 0 Å². The number of halogens is 2. The van der Waals surface area contributed by atoms with Crippen LogP contribution in [0.1, 0.15) is 17.3 Å². The van der Waals surface area contributed by atoms with Gasteiger partial charge in [0, 0.05) is 15.7 Å². The lowest BCUT2D eigenvalue weighted by Crippen LogP contribution is -2.22. The van der Waals surface area contributed by atoms with E-state index < -0.39 is 0 Å². The van der Waals surface area contributed by atoms with Crippen molar-refractivity contribution in [3.05, 3.63) is 57.5 Å². The van der Waals surface area contributed by atoms with E-state index in [1.807, 2.05) is 6.07 Å². The number of carbonyl (C=O) groups excluding carboxylic acids is 2. The van der Waals surface area contributed by atoms with Gasteiger partial charge in [-0.2, -0.15) is 0 Å². The van der Waals surface area contributed by atoms with Gasteiger partial charge in [0.25, 0.3) is 0 Å². The van der Waals surface area contributed by atoms with Crippen LogP contribution in [0.15, 0.2) is 46.9 Å². The highest BCUT2D eigenvalue weighted by atomic mass is 79.9. The lowest BCUT2D eigenvalue weighted by molar-refractivity contribution is -0.114. The zero-order chi connectivity index (χ0) is 16.1. The van der Waals surface area contributed by atoms with E-state index in [-0.39, 0.29) is 18.2 Å². The minimum atomic E-state index is -0.223. The molecule has 0 saturated heterocycles. The number of benzene rings is 2. The lowest BCUT2D eigenvalue weighted by Gasteiger charge is -2.10. The number of anilines is 2. The molecular formula is C16H14BrClN2O2. The van der Waals surface area contributed by atoms with Crippen LogP contribution in [0.25, 0.3) is 0 Å². The maximum atomic E-state index is 11.9. The molecule has 0 aliphatic heterocycles. The van der Waals surface area contributed by atoms with E-state index in [1.165, 1.54) is 6.92 Å². The van der Waals surface area contributed by atoms with Crippen molar-refractivity contribution >= 4 is 50.6 Å². The highest BCUT2D eigenvalue weighted by Crippen LogP contribution is 2.25. The zero-order valence-electron chi connectivity index (χ0n) is 11.8. The molecular weight excluding hydrogens is 368 g/mol. The fraction of sp³-hybridized carbons (Fsp3) is 0.125. The van der Waals surface area contributed by atoms with Gasteiger partial charge in [-0.3, -0.25) is 9.59 Å². The molecule has 6 heteroatoms. The summed E-state index contributed by atoms with van der Waals surface area (Å²) < 4.78 is 0.869. The van der Waals surface area contributed by atoms with Crippen LogP contribution < -0.4 is 10.6 Å². The van der Waals surface area contributed by atoms with Gasteiger partial charge in [0.15, 0.2) is 5.78 Å². The predicted molar refractivity (Wildman–Crippen MR) is 92.7 cm³/mol. The van der Waals surface area contributed by atoms with Crippen molar-refractivity contribution in [1.82, 2.24) is 0 Å². The number of Topliss-reactive ketones (excluding diaryl/α,β-unsaturated/α-hetero) is 1. The first-order chi connectivity index (χ1) is 10.5. The molecule has 0 fully saturated rings. The summed E-state index contributed by atoms with van der Waals surface area (Å²) in [6.07, 6.45) is 0. The third kappa shape index (κ3) is 4.58. The quantitative estimate of drug-likeness (QED) is 0.757. The van der Waals surface area contributed by atoms with Gasteiger partial charge in [-0.15, -0.1) is 0 Å². The first kappa shape index (κ1) is 16.5. The van der Waals surface area contributed by atoms with E-state index in [1.54, 1.807) is 36.4 Å². The minimum Gasteiger partial charge on any atom is -0.375 e. The molecule has 0 heterocycles. The third-order valence-corrected chi connectivity index (χ3v) is 3.73. The van der Waals surface area contributed by atoms with Crippen molar-refractivity contribution in [2.45, 2.75) is 6.92 Å². The van der Waals surface area contributed by atoms with E-state index in [0.717, 1.165) is 4.47 Å². The summed E-state index contributed by atoms with van der Waals surface area (Å²) in [7, 11) is 0. The molecule has 2 rings (SSSR count). The summed E-state index contributed by atoms with van der Waals surface area (Å²) >= 11 is 9.39. The standard InChI is InChI=1S/C16H14BrClN2O2/c1-10(21)11-3-2-4-13(7-11)20-16(22)9-19-15-6-5-12(17)8-14(15)18/h2-8,19H,9H2,1H3,(H,20,22). The number of hydrogen-bond acceptors (Lipinski definition) is 3. The molecule has 0 bridgehead atoms. The Bertz CT molecular complexity index is 719. The second-order valence-electron chi connectivity index (χ2n) is 4.66. The van der Waals surface area contributed by atoms with Crippen molar-refractivity contribution in [1.29, 1.82) is 0 Å². The molecule has 0 aliphatic carbocycles. The van der Waals surface area contributed by atoms with Crippen LogP contribution in [0.2, 0.25) is 5.02 Å². The fourth-order valence-corrected chi connectivity index (χ4v) is 2.57. The van der Waals surface area contributed by atoms with E-state index in [9.17, 15) is 9.59 Å². The molecule has 0 aliphatic rings. The highest BCUT2D eigenvalue weighted by molar-refractivity contribution is 9.10. The number of nitrogens with one attached hydrogen (secondary N) is 2. The van der Waals surface area contributed by atoms with Gasteiger partial charge in [0.1, 0.15) is 0 Å². The lowest BCUT2D eigenvalue weighted by atomic mass is 10.1. The average Bonchev–Trinajstić information content (AvgIpc) is 2.46. The monoisotopic (exact) mass is 380 g/mol. The Morgan fingerprint density at radius 1 is 1.18 bits per heavy atom. The third-order valence-electron chi connectivity index (χ3n) is 2.92. The van der Waals surface area contributed by atoms with Crippen LogP contribution in [0.3, 0.4) is 0 Å². The van der Waals surface area contributed by atoms with Gasteiger partial charge in [0.05, 0.1) is 17.3 Å². The van der Waals surface area contributed by atoms with E-state index >= 15 is 0 Å². The number of amides is 1. The summed E-state index contributed by atoms with van der Waals surface area (Å²) in [4.78, 5) is 23.2. The summed E-state index contributed by atoms with van der Waals surface area (Å²) in [6.45, 7) is 1.56. The van der Waals surface area contributed by atoms with E-state index in [2.05, 4.69) is 26.6 Å². The van der Waals surface area contributed by atoms with Gasteiger partial charge in [0.2, 0.25) is 5.91 Å². The Morgan fingerprint density at radius 2 is 1.95 bits per heavy atom. The molecule has 114 valence electrons. The van der Waals surface area contributed by atoms with Crippen molar-refractivity contribution in [2.75, 3.05) is 17.2 Å². The molecule has 2 N–H and O–H groups in total. The van der Waals surface area contributed by atoms with Gasteiger partial charge in [-0.05, 0) is 37.3 Å². The number of carbonyl (C=O) groups is 2. The molecule has 22 heavy (non-hydrogen) atoms. The first-order valence-electron chi connectivity index (χ1n) is 6.55. The Kier molecular flexibility index (Phi) is 5.57. The second-order valence-corrected chi connectivity index (χ2v) is 5.99. The van der Waals surface area contributed by atoms with E-state index in [0.29, 0.717) is 22.0 Å². The maximum Gasteiger partial charge on any atom is 0.243 e. The van der Waals surface area contributed by atoms with Crippen LogP contribution in [0.5, 0.6) is 0 Å².